The van der Waals surface area contributed by atoms with E-state index in [1.165, 1.54) is 24.3 Å². The molecule has 0 fully saturated rings. The third-order valence-corrected chi connectivity index (χ3v) is 3.45. The van der Waals surface area contributed by atoms with Gasteiger partial charge in [-0.15, -0.1) is 0 Å². The van der Waals surface area contributed by atoms with Crippen LogP contribution >= 0.6 is 11.6 Å². The predicted molar refractivity (Wildman–Crippen MR) is 89.2 cm³/mol. The van der Waals surface area contributed by atoms with Crippen LogP contribution in [-0.4, -0.2) is 20.3 Å². The van der Waals surface area contributed by atoms with Crippen LogP contribution in [0.1, 0.15) is 5.69 Å². The molecule has 0 aliphatic rings. The molecule has 1 aromatic carbocycles. The number of amides is 2. The van der Waals surface area contributed by atoms with Crippen molar-refractivity contribution in [2.24, 2.45) is 0 Å². The predicted octanol–water partition coefficient (Wildman–Crippen LogP) is 3.22. The molecule has 0 spiro atoms. The van der Waals surface area contributed by atoms with Gasteiger partial charge in [-0.2, -0.15) is 0 Å². The Morgan fingerprint density at radius 1 is 1.21 bits per heavy atom. The summed E-state index contributed by atoms with van der Waals surface area (Å²) in [5.41, 5.74) is 1.83. The van der Waals surface area contributed by atoms with E-state index in [1.807, 2.05) is 0 Å². The third kappa shape index (κ3) is 3.61. The molecular formula is C15H12ClN5O3. The molecule has 2 amide bonds. The van der Waals surface area contributed by atoms with Gasteiger partial charge in [0.05, 0.1) is 22.2 Å². The Hall–Kier alpha value is -3.13. The zero-order chi connectivity index (χ0) is 17.1. The number of halogens is 1. The van der Waals surface area contributed by atoms with Gasteiger partial charge in [0.15, 0.2) is 0 Å². The van der Waals surface area contributed by atoms with Crippen molar-refractivity contribution in [1.82, 2.24) is 14.7 Å². The quantitative estimate of drug-likeness (QED) is 0.560. The minimum absolute atomic E-state index is 0.0377. The number of carbonyl (C=O) groups excluding carboxylic acids is 1. The van der Waals surface area contributed by atoms with Gasteiger partial charge in [-0.1, -0.05) is 11.6 Å². The van der Waals surface area contributed by atoms with E-state index in [0.717, 1.165) is 5.65 Å². The Morgan fingerprint density at radius 2 is 1.96 bits per heavy atom. The van der Waals surface area contributed by atoms with E-state index in [0.29, 0.717) is 16.4 Å². The van der Waals surface area contributed by atoms with Gasteiger partial charge in [-0.05, 0) is 24.3 Å². The molecule has 9 heteroatoms. The summed E-state index contributed by atoms with van der Waals surface area (Å²) in [4.78, 5) is 26.3. The Labute approximate surface area is 141 Å². The number of nitro groups is 1. The monoisotopic (exact) mass is 345 g/mol. The van der Waals surface area contributed by atoms with Crippen molar-refractivity contribution in [2.45, 2.75) is 6.54 Å². The number of nitrogens with one attached hydrogen (secondary N) is 2. The number of benzene rings is 1. The molecule has 2 heterocycles. The highest BCUT2D eigenvalue weighted by Crippen LogP contribution is 2.15. The second-order valence-electron chi connectivity index (χ2n) is 4.96. The van der Waals surface area contributed by atoms with Gasteiger partial charge in [-0.3, -0.25) is 10.1 Å². The summed E-state index contributed by atoms with van der Waals surface area (Å²) in [5, 5.41) is 16.4. The van der Waals surface area contributed by atoms with E-state index in [9.17, 15) is 14.9 Å². The topological polar surface area (TPSA) is 102 Å². The van der Waals surface area contributed by atoms with Gasteiger partial charge in [0.1, 0.15) is 5.65 Å². The highest BCUT2D eigenvalue weighted by molar-refractivity contribution is 6.30. The van der Waals surface area contributed by atoms with Gasteiger partial charge >= 0.3 is 6.03 Å². The number of nitrogens with zero attached hydrogens (tertiary/aromatic N) is 3. The van der Waals surface area contributed by atoms with Crippen LogP contribution in [0.3, 0.4) is 0 Å². The molecule has 3 aromatic rings. The molecular weight excluding hydrogens is 334 g/mol. The molecule has 122 valence electrons. The van der Waals surface area contributed by atoms with Gasteiger partial charge in [0.25, 0.3) is 5.69 Å². The summed E-state index contributed by atoms with van der Waals surface area (Å²) < 4.78 is 1.77. The lowest BCUT2D eigenvalue weighted by Crippen LogP contribution is -2.28. The van der Waals surface area contributed by atoms with Crippen molar-refractivity contribution >= 4 is 34.7 Å². The minimum Gasteiger partial charge on any atom is -0.332 e. The van der Waals surface area contributed by atoms with Crippen LogP contribution in [0.15, 0.2) is 48.8 Å². The summed E-state index contributed by atoms with van der Waals surface area (Å²) in [6.45, 7) is 0.234. The number of imidazole rings is 1. The largest absolute Gasteiger partial charge is 0.332 e. The van der Waals surface area contributed by atoms with Crippen LogP contribution in [0.5, 0.6) is 0 Å². The standard InChI is InChI=1S/C15H12ClN5O3/c16-10-1-6-14-18-12(9-20(14)8-10)7-17-15(22)19-11-2-4-13(5-3-11)21(23)24/h1-6,8-9H,7H2,(H2,17,19,22). The molecule has 2 N–H and O–H groups in total. The van der Waals surface area contributed by atoms with E-state index in [-0.39, 0.29) is 12.2 Å². The fraction of sp³-hybridized carbons (Fsp3) is 0.0667. The number of hydrogen-bond acceptors (Lipinski definition) is 4. The lowest BCUT2D eigenvalue weighted by Gasteiger charge is -2.06. The molecule has 0 saturated heterocycles. The maximum absolute atomic E-state index is 11.9. The molecule has 2 aromatic heterocycles. The number of anilines is 1. The Bertz CT molecular complexity index is 907. The molecule has 0 saturated carbocycles. The highest BCUT2D eigenvalue weighted by atomic mass is 35.5. The van der Waals surface area contributed by atoms with Crippen molar-refractivity contribution in [3.63, 3.8) is 0 Å². The van der Waals surface area contributed by atoms with Crippen LogP contribution in [0, 0.1) is 10.1 Å². The van der Waals surface area contributed by atoms with Crippen molar-refractivity contribution in [1.29, 1.82) is 0 Å². The summed E-state index contributed by atoms with van der Waals surface area (Å²) in [6, 6.07) is 8.66. The normalized spacial score (nSPS) is 10.5. The van der Waals surface area contributed by atoms with Gasteiger partial charge in [0.2, 0.25) is 0 Å². The Morgan fingerprint density at radius 3 is 2.67 bits per heavy atom. The number of urea groups is 1. The molecule has 24 heavy (non-hydrogen) atoms. The van der Waals surface area contributed by atoms with Gasteiger partial charge in [-0.25, -0.2) is 9.78 Å². The molecule has 0 aliphatic heterocycles. The zero-order valence-corrected chi connectivity index (χ0v) is 13.0. The molecule has 0 aliphatic carbocycles. The van der Waals surface area contributed by atoms with Crippen molar-refractivity contribution in [3.8, 4) is 0 Å². The average molecular weight is 346 g/mol. The Balaban J connectivity index is 1.59. The number of rotatable bonds is 4. The summed E-state index contributed by atoms with van der Waals surface area (Å²) in [5.74, 6) is 0. The number of hydrogen-bond donors (Lipinski definition) is 2. The van der Waals surface area contributed by atoms with E-state index in [4.69, 9.17) is 11.6 Å². The third-order valence-electron chi connectivity index (χ3n) is 3.23. The van der Waals surface area contributed by atoms with E-state index in [2.05, 4.69) is 15.6 Å². The highest BCUT2D eigenvalue weighted by Gasteiger charge is 2.07. The van der Waals surface area contributed by atoms with Gasteiger partial charge < -0.3 is 15.0 Å². The zero-order valence-electron chi connectivity index (χ0n) is 12.3. The number of fused-ring (bicyclic) bond motifs is 1. The smallest absolute Gasteiger partial charge is 0.319 e. The van der Waals surface area contributed by atoms with E-state index in [1.54, 1.807) is 28.9 Å². The Kier molecular flexibility index (Phi) is 4.30. The molecule has 0 atom stereocenters. The van der Waals surface area contributed by atoms with Crippen LogP contribution in [-0.2, 0) is 6.54 Å². The number of non-ortho nitro benzene ring substituents is 1. The first-order valence-corrected chi connectivity index (χ1v) is 7.31. The number of carbonyl (C=O) groups is 1. The van der Waals surface area contributed by atoms with Crippen LogP contribution in [0.2, 0.25) is 5.02 Å². The maximum Gasteiger partial charge on any atom is 0.319 e. The molecule has 0 unspecified atom stereocenters. The first kappa shape index (κ1) is 15.8. The minimum atomic E-state index is -0.500. The first-order chi connectivity index (χ1) is 11.5. The molecule has 3 rings (SSSR count). The van der Waals surface area contributed by atoms with Crippen LogP contribution < -0.4 is 10.6 Å². The maximum atomic E-state index is 11.9. The lowest BCUT2D eigenvalue weighted by atomic mass is 10.3. The molecule has 8 nitrogen and oxygen atoms in total. The van der Waals surface area contributed by atoms with Crippen molar-refractivity contribution in [2.75, 3.05) is 5.32 Å². The SMILES string of the molecule is O=C(NCc1cn2cc(Cl)ccc2n1)Nc1ccc([N+](=O)[O-])cc1. The average Bonchev–Trinajstić information content (AvgIpc) is 2.95. The van der Waals surface area contributed by atoms with E-state index >= 15 is 0 Å². The number of pyridine rings is 1. The fourth-order valence-electron chi connectivity index (χ4n) is 2.11. The van der Waals surface area contributed by atoms with Crippen LogP contribution in [0.25, 0.3) is 5.65 Å². The molecule has 0 radical (unpaired) electrons. The van der Waals surface area contributed by atoms with E-state index < -0.39 is 11.0 Å². The molecule has 0 bridgehead atoms. The second-order valence-corrected chi connectivity index (χ2v) is 5.39. The van der Waals surface area contributed by atoms with Crippen molar-refractivity contribution < 1.29 is 9.72 Å². The number of nitro benzene ring substituents is 1. The number of aromatic nitrogens is 2. The lowest BCUT2D eigenvalue weighted by molar-refractivity contribution is -0.384. The summed E-state index contributed by atoms with van der Waals surface area (Å²) >= 11 is 5.91. The summed E-state index contributed by atoms with van der Waals surface area (Å²) in [7, 11) is 0. The van der Waals surface area contributed by atoms with Gasteiger partial charge in [0, 0.05) is 30.2 Å². The first-order valence-electron chi connectivity index (χ1n) is 6.94. The van der Waals surface area contributed by atoms with Crippen molar-refractivity contribution in [3.05, 3.63) is 69.6 Å². The second kappa shape index (κ2) is 6.55. The van der Waals surface area contributed by atoms with Crippen LogP contribution in [0.4, 0.5) is 16.2 Å². The summed E-state index contributed by atoms with van der Waals surface area (Å²) in [6.07, 6.45) is 3.50. The fourth-order valence-corrected chi connectivity index (χ4v) is 2.28.